The minimum atomic E-state index is 0.244. The van der Waals surface area contributed by atoms with Crippen LogP contribution >= 0.6 is 0 Å². The summed E-state index contributed by atoms with van der Waals surface area (Å²) in [6.45, 7) is 8.88. The van der Waals surface area contributed by atoms with Crippen LogP contribution in [0, 0.1) is 20.8 Å². The molecule has 0 amide bonds. The van der Waals surface area contributed by atoms with Crippen LogP contribution in [0.3, 0.4) is 0 Å². The van der Waals surface area contributed by atoms with Gasteiger partial charge in [-0.1, -0.05) is 12.1 Å². The van der Waals surface area contributed by atoms with Crippen molar-refractivity contribution in [1.29, 1.82) is 0 Å². The zero-order valence-corrected chi connectivity index (χ0v) is 13.7. The highest BCUT2D eigenvalue weighted by atomic mass is 16.1. The van der Waals surface area contributed by atoms with Crippen LogP contribution in [0.5, 0.6) is 0 Å². The third-order valence-electron chi connectivity index (χ3n) is 4.56. The van der Waals surface area contributed by atoms with Crippen LogP contribution < -0.4 is 0 Å². The van der Waals surface area contributed by atoms with Crippen molar-refractivity contribution in [3.05, 3.63) is 52.8 Å². The van der Waals surface area contributed by atoms with Crippen LogP contribution in [0.4, 0.5) is 0 Å². The molecule has 0 unspecified atom stereocenters. The van der Waals surface area contributed by atoms with Crippen molar-refractivity contribution in [2.75, 3.05) is 19.6 Å². The number of likely N-dealkylation sites (tertiary alicyclic amines) is 1. The van der Waals surface area contributed by atoms with E-state index in [4.69, 9.17) is 0 Å². The molecular formula is C19H24N2O. The monoisotopic (exact) mass is 296 g/mol. The highest BCUT2D eigenvalue weighted by Crippen LogP contribution is 2.22. The van der Waals surface area contributed by atoms with Crippen LogP contribution in [0.2, 0.25) is 0 Å². The number of benzene rings is 1. The Labute approximate surface area is 132 Å². The summed E-state index contributed by atoms with van der Waals surface area (Å²) in [5.74, 6) is 0.244. The van der Waals surface area contributed by atoms with E-state index in [9.17, 15) is 4.79 Å². The third-order valence-corrected chi connectivity index (χ3v) is 4.56. The largest absolute Gasteiger partial charge is 0.318 e. The van der Waals surface area contributed by atoms with E-state index in [1.54, 1.807) is 0 Å². The Kier molecular flexibility index (Phi) is 4.16. The Balaban J connectivity index is 1.91. The summed E-state index contributed by atoms with van der Waals surface area (Å²) >= 11 is 0. The van der Waals surface area contributed by atoms with Gasteiger partial charge >= 0.3 is 0 Å². The molecule has 0 saturated carbocycles. The predicted octanol–water partition coefficient (Wildman–Crippen LogP) is 3.68. The highest BCUT2D eigenvalue weighted by Gasteiger charge is 2.20. The Morgan fingerprint density at radius 1 is 1.09 bits per heavy atom. The molecule has 1 fully saturated rings. The van der Waals surface area contributed by atoms with Crippen molar-refractivity contribution in [2.45, 2.75) is 33.6 Å². The first-order valence-corrected chi connectivity index (χ1v) is 8.08. The molecule has 0 radical (unpaired) electrons. The van der Waals surface area contributed by atoms with Crippen LogP contribution in [0.1, 0.15) is 40.2 Å². The molecule has 0 aliphatic carbocycles. The van der Waals surface area contributed by atoms with Gasteiger partial charge in [0.15, 0.2) is 5.78 Å². The summed E-state index contributed by atoms with van der Waals surface area (Å²) < 4.78 is 2.18. The third kappa shape index (κ3) is 2.86. The number of aromatic nitrogens is 1. The second-order valence-electron chi connectivity index (χ2n) is 6.37. The Bertz CT molecular complexity index is 693. The second-order valence-corrected chi connectivity index (χ2v) is 6.37. The van der Waals surface area contributed by atoms with Crippen molar-refractivity contribution in [3.8, 4) is 5.69 Å². The molecule has 116 valence electrons. The van der Waals surface area contributed by atoms with Crippen molar-refractivity contribution in [3.63, 3.8) is 0 Å². The number of hydrogen-bond acceptors (Lipinski definition) is 2. The lowest BCUT2D eigenvalue weighted by Crippen LogP contribution is -2.27. The summed E-state index contributed by atoms with van der Waals surface area (Å²) in [4.78, 5) is 14.9. The van der Waals surface area contributed by atoms with E-state index in [0.717, 1.165) is 35.7 Å². The maximum absolute atomic E-state index is 12.6. The normalized spacial score (nSPS) is 15.4. The number of carbonyl (C=O) groups is 1. The van der Waals surface area contributed by atoms with E-state index < -0.39 is 0 Å². The van der Waals surface area contributed by atoms with E-state index in [0.29, 0.717) is 6.54 Å². The predicted molar refractivity (Wildman–Crippen MR) is 90.0 cm³/mol. The molecular weight excluding hydrogens is 272 g/mol. The Morgan fingerprint density at radius 3 is 2.50 bits per heavy atom. The number of Topliss-reactive ketones (excluding diaryl/α,β-unsaturated/α-hetero) is 1. The molecule has 3 nitrogen and oxygen atoms in total. The lowest BCUT2D eigenvalue weighted by Gasteiger charge is -2.14. The van der Waals surface area contributed by atoms with E-state index in [2.05, 4.69) is 47.6 Å². The number of nitrogens with zero attached hydrogens (tertiary/aromatic N) is 2. The minimum Gasteiger partial charge on any atom is -0.318 e. The molecule has 1 aromatic heterocycles. The molecule has 1 aliphatic heterocycles. The average molecular weight is 296 g/mol. The van der Waals surface area contributed by atoms with Gasteiger partial charge in [0, 0.05) is 22.6 Å². The van der Waals surface area contributed by atoms with Gasteiger partial charge in [-0.15, -0.1) is 0 Å². The van der Waals surface area contributed by atoms with Crippen LogP contribution in [-0.4, -0.2) is 34.9 Å². The van der Waals surface area contributed by atoms with Gasteiger partial charge < -0.3 is 4.57 Å². The molecule has 0 bridgehead atoms. The molecule has 1 saturated heterocycles. The van der Waals surface area contributed by atoms with Gasteiger partial charge in [-0.25, -0.2) is 0 Å². The Morgan fingerprint density at radius 2 is 1.82 bits per heavy atom. The number of rotatable bonds is 4. The van der Waals surface area contributed by atoms with Crippen LogP contribution in [0.25, 0.3) is 5.69 Å². The van der Waals surface area contributed by atoms with E-state index in [1.165, 1.54) is 18.4 Å². The highest BCUT2D eigenvalue weighted by molar-refractivity contribution is 5.99. The van der Waals surface area contributed by atoms with Crippen molar-refractivity contribution in [1.82, 2.24) is 9.47 Å². The van der Waals surface area contributed by atoms with Crippen LogP contribution in [-0.2, 0) is 0 Å². The van der Waals surface area contributed by atoms with Crippen molar-refractivity contribution >= 4 is 5.78 Å². The standard InChI is InChI=1S/C19H24N2O/c1-14-7-6-8-17(11-14)21-15(2)12-18(16(21)3)19(22)13-20-9-4-5-10-20/h6-8,11-12H,4-5,9-10,13H2,1-3H3. The lowest BCUT2D eigenvalue weighted by molar-refractivity contribution is 0.0944. The van der Waals surface area contributed by atoms with Crippen LogP contribution in [0.15, 0.2) is 30.3 Å². The smallest absolute Gasteiger partial charge is 0.178 e. The van der Waals surface area contributed by atoms with Gasteiger partial charge in [0.05, 0.1) is 6.54 Å². The molecule has 1 aliphatic rings. The summed E-state index contributed by atoms with van der Waals surface area (Å²) in [5.41, 5.74) is 5.40. The quantitative estimate of drug-likeness (QED) is 0.804. The molecule has 3 rings (SSSR count). The van der Waals surface area contributed by atoms with E-state index in [1.807, 2.05) is 13.0 Å². The molecule has 1 aromatic carbocycles. The first-order chi connectivity index (χ1) is 10.6. The summed E-state index contributed by atoms with van der Waals surface area (Å²) in [7, 11) is 0. The van der Waals surface area contributed by atoms with E-state index in [-0.39, 0.29) is 5.78 Å². The Hall–Kier alpha value is -1.87. The summed E-state index contributed by atoms with van der Waals surface area (Å²) in [5, 5.41) is 0. The molecule has 0 atom stereocenters. The van der Waals surface area contributed by atoms with Gasteiger partial charge in [0.25, 0.3) is 0 Å². The molecule has 3 heteroatoms. The van der Waals surface area contributed by atoms with Gasteiger partial charge in [0.1, 0.15) is 0 Å². The average Bonchev–Trinajstić information content (AvgIpc) is 3.07. The number of hydrogen-bond donors (Lipinski definition) is 0. The number of ketones is 1. The maximum Gasteiger partial charge on any atom is 0.178 e. The molecule has 2 heterocycles. The first-order valence-electron chi connectivity index (χ1n) is 8.08. The van der Waals surface area contributed by atoms with Gasteiger partial charge in [-0.2, -0.15) is 0 Å². The SMILES string of the molecule is Cc1cccc(-n2c(C)cc(C(=O)CN3CCCC3)c2C)c1. The topological polar surface area (TPSA) is 25.2 Å². The fourth-order valence-electron chi connectivity index (χ4n) is 3.44. The zero-order valence-electron chi connectivity index (χ0n) is 13.7. The number of aryl methyl sites for hydroxylation is 2. The number of carbonyl (C=O) groups excluding carboxylic acids is 1. The van der Waals surface area contributed by atoms with Gasteiger partial charge in [-0.3, -0.25) is 9.69 Å². The molecule has 2 aromatic rings. The van der Waals surface area contributed by atoms with Crippen molar-refractivity contribution < 1.29 is 4.79 Å². The fourth-order valence-corrected chi connectivity index (χ4v) is 3.44. The van der Waals surface area contributed by atoms with E-state index >= 15 is 0 Å². The lowest BCUT2D eigenvalue weighted by atomic mass is 10.1. The summed E-state index contributed by atoms with van der Waals surface area (Å²) in [6, 6.07) is 10.5. The zero-order chi connectivity index (χ0) is 15.7. The molecule has 0 spiro atoms. The molecule has 22 heavy (non-hydrogen) atoms. The summed E-state index contributed by atoms with van der Waals surface area (Å²) in [6.07, 6.45) is 2.44. The second kappa shape index (κ2) is 6.09. The van der Waals surface area contributed by atoms with Gasteiger partial charge in [-0.05, 0) is 70.5 Å². The maximum atomic E-state index is 12.6. The minimum absolute atomic E-state index is 0.244. The fraction of sp³-hybridized carbons (Fsp3) is 0.421. The van der Waals surface area contributed by atoms with Crippen molar-refractivity contribution in [2.24, 2.45) is 0 Å². The van der Waals surface area contributed by atoms with Gasteiger partial charge in [0.2, 0.25) is 0 Å². The molecule has 0 N–H and O–H groups in total. The first kappa shape index (κ1) is 15.0.